The van der Waals surface area contributed by atoms with E-state index in [-0.39, 0.29) is 5.91 Å². The van der Waals surface area contributed by atoms with Crippen LogP contribution < -0.4 is 19.5 Å². The zero-order chi connectivity index (χ0) is 19.9. The van der Waals surface area contributed by atoms with Gasteiger partial charge in [0.05, 0.1) is 14.2 Å². The highest BCUT2D eigenvalue weighted by Gasteiger charge is 2.11. The van der Waals surface area contributed by atoms with Gasteiger partial charge in [0.25, 0.3) is 5.91 Å². The summed E-state index contributed by atoms with van der Waals surface area (Å²) in [5.41, 5.74) is 2.16. The van der Waals surface area contributed by atoms with E-state index in [0.29, 0.717) is 40.1 Å². The summed E-state index contributed by atoms with van der Waals surface area (Å²) in [6.07, 6.45) is 0. The minimum Gasteiger partial charge on any atom is -0.493 e. The third-order valence-corrected chi connectivity index (χ3v) is 4.33. The highest BCUT2D eigenvalue weighted by molar-refractivity contribution is 6.30. The maximum absolute atomic E-state index is 12.5. The highest BCUT2D eigenvalue weighted by atomic mass is 35.5. The minimum atomic E-state index is -0.240. The van der Waals surface area contributed by atoms with Crippen LogP contribution in [-0.4, -0.2) is 20.1 Å². The van der Waals surface area contributed by atoms with Gasteiger partial charge < -0.3 is 19.5 Å². The molecule has 5 nitrogen and oxygen atoms in total. The van der Waals surface area contributed by atoms with Gasteiger partial charge in [-0.3, -0.25) is 4.79 Å². The van der Waals surface area contributed by atoms with Crippen molar-refractivity contribution in [3.63, 3.8) is 0 Å². The largest absolute Gasteiger partial charge is 0.493 e. The van der Waals surface area contributed by atoms with Crippen molar-refractivity contribution in [1.82, 2.24) is 0 Å². The fourth-order valence-corrected chi connectivity index (χ4v) is 2.69. The van der Waals surface area contributed by atoms with Crippen molar-refractivity contribution in [3.05, 3.63) is 82.9 Å². The molecule has 0 aromatic heterocycles. The summed E-state index contributed by atoms with van der Waals surface area (Å²) in [5.74, 6) is 1.54. The van der Waals surface area contributed by atoms with Gasteiger partial charge in [0.1, 0.15) is 12.4 Å². The van der Waals surface area contributed by atoms with Crippen LogP contribution >= 0.6 is 11.6 Å². The molecule has 0 aliphatic heterocycles. The molecule has 6 heteroatoms. The maximum Gasteiger partial charge on any atom is 0.255 e. The van der Waals surface area contributed by atoms with E-state index < -0.39 is 0 Å². The van der Waals surface area contributed by atoms with Crippen molar-refractivity contribution in [2.75, 3.05) is 19.5 Å². The smallest absolute Gasteiger partial charge is 0.255 e. The molecule has 1 N–H and O–H groups in total. The molecule has 0 bridgehead atoms. The van der Waals surface area contributed by atoms with Crippen LogP contribution in [0.25, 0.3) is 0 Å². The molecular formula is C22H20ClNO4. The fraction of sp³-hybridized carbons (Fsp3) is 0.136. The molecule has 0 aliphatic carbocycles. The lowest BCUT2D eigenvalue weighted by atomic mass is 10.2. The van der Waals surface area contributed by atoms with Gasteiger partial charge in [-0.15, -0.1) is 0 Å². The lowest BCUT2D eigenvalue weighted by Gasteiger charge is -2.11. The van der Waals surface area contributed by atoms with Gasteiger partial charge in [-0.25, -0.2) is 0 Å². The van der Waals surface area contributed by atoms with E-state index in [0.717, 1.165) is 5.56 Å². The van der Waals surface area contributed by atoms with E-state index in [1.807, 2.05) is 24.3 Å². The van der Waals surface area contributed by atoms with Gasteiger partial charge in [0, 0.05) is 16.3 Å². The van der Waals surface area contributed by atoms with Crippen LogP contribution in [0.4, 0.5) is 5.69 Å². The van der Waals surface area contributed by atoms with Crippen LogP contribution in [0.3, 0.4) is 0 Å². The number of anilines is 1. The Bertz CT molecular complexity index is 940. The molecule has 0 fully saturated rings. The zero-order valence-corrected chi connectivity index (χ0v) is 16.3. The van der Waals surface area contributed by atoms with Crippen molar-refractivity contribution in [2.24, 2.45) is 0 Å². The van der Waals surface area contributed by atoms with Crippen molar-refractivity contribution >= 4 is 23.2 Å². The standard InChI is InChI=1S/C22H20ClNO4/c1-26-20-12-5-16(13-21(20)27-2)22(25)24-18-8-10-19(11-9-18)28-14-15-3-6-17(23)7-4-15/h3-13H,14H2,1-2H3,(H,24,25). The first-order valence-electron chi connectivity index (χ1n) is 8.59. The molecule has 0 spiro atoms. The third-order valence-electron chi connectivity index (χ3n) is 4.08. The summed E-state index contributed by atoms with van der Waals surface area (Å²) in [6.45, 7) is 0.439. The molecule has 144 valence electrons. The van der Waals surface area contributed by atoms with Crippen molar-refractivity contribution in [3.8, 4) is 17.2 Å². The normalized spacial score (nSPS) is 10.2. The molecule has 0 saturated carbocycles. The number of nitrogens with one attached hydrogen (secondary N) is 1. The Morgan fingerprint density at radius 1 is 0.893 bits per heavy atom. The molecule has 0 radical (unpaired) electrons. The monoisotopic (exact) mass is 397 g/mol. The van der Waals surface area contributed by atoms with E-state index in [4.69, 9.17) is 25.8 Å². The molecule has 0 heterocycles. The number of methoxy groups -OCH3 is 2. The van der Waals surface area contributed by atoms with Gasteiger partial charge in [0.15, 0.2) is 11.5 Å². The number of hydrogen-bond acceptors (Lipinski definition) is 4. The Balaban J connectivity index is 1.60. The Labute approximate surface area is 168 Å². The topological polar surface area (TPSA) is 56.8 Å². The van der Waals surface area contributed by atoms with Gasteiger partial charge in [-0.05, 0) is 60.2 Å². The predicted octanol–water partition coefficient (Wildman–Crippen LogP) is 5.19. The summed E-state index contributed by atoms with van der Waals surface area (Å²) >= 11 is 5.88. The molecule has 3 rings (SSSR count). The summed E-state index contributed by atoms with van der Waals surface area (Å²) in [4.78, 5) is 12.5. The summed E-state index contributed by atoms with van der Waals surface area (Å²) < 4.78 is 16.2. The SMILES string of the molecule is COc1ccc(C(=O)Nc2ccc(OCc3ccc(Cl)cc3)cc2)cc1OC. The Morgan fingerprint density at radius 2 is 1.57 bits per heavy atom. The average molecular weight is 398 g/mol. The van der Waals surface area contributed by atoms with E-state index in [9.17, 15) is 4.79 Å². The van der Waals surface area contributed by atoms with Crippen LogP contribution in [-0.2, 0) is 6.61 Å². The zero-order valence-electron chi connectivity index (χ0n) is 15.6. The predicted molar refractivity (Wildman–Crippen MR) is 110 cm³/mol. The lowest BCUT2D eigenvalue weighted by molar-refractivity contribution is 0.102. The summed E-state index contributed by atoms with van der Waals surface area (Å²) in [7, 11) is 3.08. The number of ether oxygens (including phenoxy) is 3. The third kappa shape index (κ3) is 4.96. The van der Waals surface area contributed by atoms with Crippen LogP contribution in [0.2, 0.25) is 5.02 Å². The molecule has 3 aromatic carbocycles. The molecule has 0 unspecified atom stereocenters. The number of carbonyl (C=O) groups is 1. The van der Waals surface area contributed by atoms with Crippen LogP contribution in [0.5, 0.6) is 17.2 Å². The number of hydrogen-bond donors (Lipinski definition) is 1. The minimum absolute atomic E-state index is 0.240. The van der Waals surface area contributed by atoms with Crippen molar-refractivity contribution < 1.29 is 19.0 Å². The quantitative estimate of drug-likeness (QED) is 0.596. The van der Waals surface area contributed by atoms with Gasteiger partial charge >= 0.3 is 0 Å². The number of carbonyl (C=O) groups excluding carboxylic acids is 1. The Morgan fingerprint density at radius 3 is 2.21 bits per heavy atom. The molecule has 0 saturated heterocycles. The molecule has 28 heavy (non-hydrogen) atoms. The summed E-state index contributed by atoms with van der Waals surface area (Å²) in [6, 6.07) is 19.7. The number of rotatable bonds is 7. The number of benzene rings is 3. The van der Waals surface area contributed by atoms with Crippen molar-refractivity contribution in [2.45, 2.75) is 6.61 Å². The fourth-order valence-electron chi connectivity index (χ4n) is 2.56. The number of halogens is 1. The van der Waals surface area contributed by atoms with E-state index in [1.165, 1.54) is 7.11 Å². The van der Waals surface area contributed by atoms with E-state index in [2.05, 4.69) is 5.32 Å². The maximum atomic E-state index is 12.5. The first kappa shape index (κ1) is 19.6. The second kappa shape index (κ2) is 9.15. The second-order valence-electron chi connectivity index (χ2n) is 5.96. The van der Waals surface area contributed by atoms with Crippen molar-refractivity contribution in [1.29, 1.82) is 0 Å². The first-order valence-corrected chi connectivity index (χ1v) is 8.97. The van der Waals surface area contributed by atoms with Crippen LogP contribution in [0.15, 0.2) is 66.7 Å². The van der Waals surface area contributed by atoms with Gasteiger partial charge in [0.2, 0.25) is 0 Å². The highest BCUT2D eigenvalue weighted by Crippen LogP contribution is 2.28. The van der Waals surface area contributed by atoms with E-state index >= 15 is 0 Å². The Hall–Kier alpha value is -3.18. The average Bonchev–Trinajstić information content (AvgIpc) is 2.73. The lowest BCUT2D eigenvalue weighted by Crippen LogP contribution is -2.12. The molecule has 1 amide bonds. The van der Waals surface area contributed by atoms with Crippen LogP contribution in [0.1, 0.15) is 15.9 Å². The molecular weight excluding hydrogens is 378 g/mol. The van der Waals surface area contributed by atoms with Gasteiger partial charge in [-0.2, -0.15) is 0 Å². The number of amides is 1. The van der Waals surface area contributed by atoms with Crippen LogP contribution in [0, 0.1) is 0 Å². The molecule has 0 aliphatic rings. The van der Waals surface area contributed by atoms with Gasteiger partial charge in [-0.1, -0.05) is 23.7 Å². The second-order valence-corrected chi connectivity index (χ2v) is 6.40. The Kier molecular flexibility index (Phi) is 6.40. The molecule has 0 atom stereocenters. The van der Waals surface area contributed by atoms with E-state index in [1.54, 1.807) is 49.6 Å². The molecule has 3 aromatic rings. The first-order chi connectivity index (χ1) is 13.6. The summed E-state index contributed by atoms with van der Waals surface area (Å²) in [5, 5.41) is 3.54.